The Kier molecular flexibility index (Phi) is 4.35. The Bertz CT molecular complexity index is 664. The van der Waals surface area contributed by atoms with Crippen LogP contribution in [0.15, 0.2) is 29.1 Å². The minimum Gasteiger partial charge on any atom is -0.385 e. The van der Waals surface area contributed by atoms with Gasteiger partial charge in [0.05, 0.1) is 5.56 Å². The molecule has 0 saturated carbocycles. The molecule has 0 atom stereocenters. The predicted molar refractivity (Wildman–Crippen MR) is 75.1 cm³/mol. The number of ether oxygens (including phenoxy) is 1. The van der Waals surface area contributed by atoms with E-state index in [1.54, 1.807) is 31.4 Å². The van der Waals surface area contributed by atoms with E-state index in [1.807, 2.05) is 0 Å². The van der Waals surface area contributed by atoms with Gasteiger partial charge < -0.3 is 4.74 Å². The van der Waals surface area contributed by atoms with Crippen molar-refractivity contribution in [3.05, 3.63) is 45.3 Å². The predicted octanol–water partition coefficient (Wildman–Crippen LogP) is 2.50. The van der Waals surface area contributed by atoms with Crippen LogP contribution in [0.1, 0.15) is 16.8 Å². The first-order valence-corrected chi connectivity index (χ1v) is 6.33. The highest BCUT2D eigenvalue weighted by molar-refractivity contribution is 6.33. The number of carbonyl (C=O) groups excluding carboxylic acids is 1. The fraction of sp³-hybridized carbons (Fsp3) is 0.286. The summed E-state index contributed by atoms with van der Waals surface area (Å²) in [4.78, 5) is 23.5. The zero-order valence-electron chi connectivity index (χ0n) is 10.6. The number of nitrogens with zero attached hydrogens (tertiary/aromatic N) is 1. The second kappa shape index (κ2) is 5.99. The van der Waals surface area contributed by atoms with Crippen LogP contribution in [-0.4, -0.2) is 24.6 Å². The number of hydrogen-bond acceptors (Lipinski definition) is 3. The van der Waals surface area contributed by atoms with Gasteiger partial charge in [-0.2, -0.15) is 0 Å². The van der Waals surface area contributed by atoms with Gasteiger partial charge in [0, 0.05) is 31.0 Å². The monoisotopic (exact) mass is 279 g/mol. The zero-order chi connectivity index (χ0) is 13.8. The van der Waals surface area contributed by atoms with Crippen molar-refractivity contribution in [3.63, 3.8) is 0 Å². The van der Waals surface area contributed by atoms with Crippen LogP contribution in [0.4, 0.5) is 0 Å². The molecule has 2 rings (SSSR count). The van der Waals surface area contributed by atoms with Crippen LogP contribution in [0.5, 0.6) is 0 Å². The van der Waals surface area contributed by atoms with Crippen molar-refractivity contribution in [2.24, 2.45) is 0 Å². The summed E-state index contributed by atoms with van der Waals surface area (Å²) in [5.74, 6) is 0. The summed E-state index contributed by atoms with van der Waals surface area (Å²) in [6, 6.07) is 6.98. The Balaban J connectivity index is 2.64. The second-order valence-corrected chi connectivity index (χ2v) is 4.53. The first-order valence-electron chi connectivity index (χ1n) is 5.96. The number of fused-ring (bicyclic) bond motifs is 1. The van der Waals surface area contributed by atoms with Gasteiger partial charge in [0.2, 0.25) is 0 Å². The molecule has 1 aromatic carbocycles. The SMILES string of the molecule is COCCCn1c(Cl)c(C=O)c2ccccc2c1=O. The number of methoxy groups -OCH3 is 1. The molecule has 0 aliphatic rings. The Morgan fingerprint density at radius 1 is 1.32 bits per heavy atom. The van der Waals surface area contributed by atoms with Crippen LogP contribution in [0.25, 0.3) is 10.8 Å². The highest BCUT2D eigenvalue weighted by Gasteiger charge is 2.14. The molecule has 0 aliphatic carbocycles. The molecular weight excluding hydrogens is 266 g/mol. The molecule has 19 heavy (non-hydrogen) atoms. The molecule has 4 nitrogen and oxygen atoms in total. The van der Waals surface area contributed by atoms with Gasteiger partial charge in [0.1, 0.15) is 5.15 Å². The molecule has 0 spiro atoms. The van der Waals surface area contributed by atoms with Crippen LogP contribution in [0.2, 0.25) is 5.15 Å². The van der Waals surface area contributed by atoms with E-state index in [0.29, 0.717) is 42.2 Å². The van der Waals surface area contributed by atoms with Crippen LogP contribution in [-0.2, 0) is 11.3 Å². The van der Waals surface area contributed by atoms with E-state index >= 15 is 0 Å². The summed E-state index contributed by atoms with van der Waals surface area (Å²) < 4.78 is 6.38. The van der Waals surface area contributed by atoms with Crippen molar-refractivity contribution in [3.8, 4) is 0 Å². The summed E-state index contributed by atoms with van der Waals surface area (Å²) >= 11 is 6.16. The van der Waals surface area contributed by atoms with E-state index in [9.17, 15) is 9.59 Å². The van der Waals surface area contributed by atoms with Gasteiger partial charge in [0.15, 0.2) is 6.29 Å². The molecule has 0 amide bonds. The quantitative estimate of drug-likeness (QED) is 0.480. The van der Waals surface area contributed by atoms with Crippen LogP contribution in [0, 0.1) is 0 Å². The molecule has 0 saturated heterocycles. The van der Waals surface area contributed by atoms with Crippen molar-refractivity contribution >= 4 is 28.7 Å². The Hall–Kier alpha value is -1.65. The van der Waals surface area contributed by atoms with Gasteiger partial charge in [-0.1, -0.05) is 29.8 Å². The summed E-state index contributed by atoms with van der Waals surface area (Å²) in [5, 5.41) is 1.29. The minimum absolute atomic E-state index is 0.178. The first-order chi connectivity index (χ1) is 9.20. The van der Waals surface area contributed by atoms with Crippen LogP contribution in [0.3, 0.4) is 0 Å². The number of halogens is 1. The lowest BCUT2D eigenvalue weighted by molar-refractivity contribution is 0.112. The second-order valence-electron chi connectivity index (χ2n) is 4.17. The third kappa shape index (κ3) is 2.55. The normalized spacial score (nSPS) is 10.8. The van der Waals surface area contributed by atoms with Crippen LogP contribution < -0.4 is 5.56 Å². The molecule has 0 aliphatic heterocycles. The van der Waals surface area contributed by atoms with E-state index in [1.165, 1.54) is 4.57 Å². The molecule has 100 valence electrons. The number of aldehydes is 1. The molecule has 0 bridgehead atoms. The average molecular weight is 280 g/mol. The number of rotatable bonds is 5. The number of pyridine rings is 1. The van der Waals surface area contributed by atoms with E-state index < -0.39 is 0 Å². The van der Waals surface area contributed by atoms with Crippen molar-refractivity contribution in [2.75, 3.05) is 13.7 Å². The fourth-order valence-corrected chi connectivity index (χ4v) is 2.38. The lowest BCUT2D eigenvalue weighted by atomic mass is 10.1. The van der Waals surface area contributed by atoms with E-state index in [0.717, 1.165) is 0 Å². The van der Waals surface area contributed by atoms with Gasteiger partial charge in [-0.3, -0.25) is 14.2 Å². The molecule has 5 heteroatoms. The van der Waals surface area contributed by atoms with Crippen molar-refractivity contribution in [1.29, 1.82) is 0 Å². The number of benzene rings is 1. The maximum atomic E-state index is 12.3. The summed E-state index contributed by atoms with van der Waals surface area (Å²) in [5.41, 5.74) is 0.177. The van der Waals surface area contributed by atoms with Crippen molar-refractivity contribution in [2.45, 2.75) is 13.0 Å². The number of hydrogen-bond donors (Lipinski definition) is 0. The topological polar surface area (TPSA) is 48.3 Å². The number of carbonyl (C=O) groups is 1. The molecule has 0 fully saturated rings. The van der Waals surface area contributed by atoms with Gasteiger partial charge in [0.25, 0.3) is 5.56 Å². The molecule has 1 aromatic heterocycles. The minimum atomic E-state index is -0.178. The Morgan fingerprint density at radius 3 is 2.63 bits per heavy atom. The smallest absolute Gasteiger partial charge is 0.259 e. The van der Waals surface area contributed by atoms with E-state index in [4.69, 9.17) is 16.3 Å². The van der Waals surface area contributed by atoms with Gasteiger partial charge >= 0.3 is 0 Å². The maximum Gasteiger partial charge on any atom is 0.259 e. The molecular formula is C14H14ClNO3. The summed E-state index contributed by atoms with van der Waals surface area (Å²) in [6.07, 6.45) is 1.35. The molecule has 0 radical (unpaired) electrons. The molecule has 1 heterocycles. The molecule has 2 aromatic rings. The summed E-state index contributed by atoms with van der Waals surface area (Å²) in [6.45, 7) is 0.962. The number of aromatic nitrogens is 1. The van der Waals surface area contributed by atoms with Crippen LogP contribution >= 0.6 is 11.6 Å². The summed E-state index contributed by atoms with van der Waals surface area (Å²) in [7, 11) is 1.60. The molecule has 0 N–H and O–H groups in total. The van der Waals surface area contributed by atoms with Gasteiger partial charge in [-0.15, -0.1) is 0 Å². The van der Waals surface area contributed by atoms with Crippen molar-refractivity contribution in [1.82, 2.24) is 4.57 Å². The molecule has 0 unspecified atom stereocenters. The van der Waals surface area contributed by atoms with Gasteiger partial charge in [-0.25, -0.2) is 0 Å². The fourth-order valence-electron chi connectivity index (χ4n) is 2.07. The highest BCUT2D eigenvalue weighted by Crippen LogP contribution is 2.22. The lowest BCUT2D eigenvalue weighted by Gasteiger charge is -2.12. The largest absolute Gasteiger partial charge is 0.385 e. The Labute approximate surface area is 115 Å². The third-order valence-corrected chi connectivity index (χ3v) is 3.41. The van der Waals surface area contributed by atoms with E-state index in [2.05, 4.69) is 0 Å². The lowest BCUT2D eigenvalue weighted by Crippen LogP contribution is -2.23. The average Bonchev–Trinajstić information content (AvgIpc) is 2.43. The maximum absolute atomic E-state index is 12.3. The highest BCUT2D eigenvalue weighted by atomic mass is 35.5. The Morgan fingerprint density at radius 2 is 2.00 bits per heavy atom. The van der Waals surface area contributed by atoms with Crippen molar-refractivity contribution < 1.29 is 9.53 Å². The zero-order valence-corrected chi connectivity index (χ0v) is 11.3. The van der Waals surface area contributed by atoms with E-state index in [-0.39, 0.29) is 10.7 Å². The standard InChI is InChI=1S/C14H14ClNO3/c1-19-8-4-7-16-13(15)12(9-17)10-5-2-3-6-11(10)14(16)18/h2-3,5-6,9H,4,7-8H2,1H3. The first kappa shape index (κ1) is 13.8. The van der Waals surface area contributed by atoms with Gasteiger partial charge in [-0.05, 0) is 12.5 Å². The third-order valence-electron chi connectivity index (χ3n) is 3.00.